The summed E-state index contributed by atoms with van der Waals surface area (Å²) in [6.07, 6.45) is 3.21. The first kappa shape index (κ1) is 24.5. The molecule has 0 aromatic carbocycles. The Morgan fingerprint density at radius 1 is 1.09 bits per heavy atom. The molecule has 1 amide bonds. The van der Waals surface area contributed by atoms with Gasteiger partial charge < -0.3 is 20.3 Å². The van der Waals surface area contributed by atoms with Crippen molar-refractivity contribution in [3.05, 3.63) is 53.6 Å². The minimum atomic E-state index is -0.274. The summed E-state index contributed by atoms with van der Waals surface area (Å²) in [7, 11) is 0. The van der Waals surface area contributed by atoms with Gasteiger partial charge in [0.1, 0.15) is 5.82 Å². The van der Waals surface area contributed by atoms with Crippen LogP contribution in [0.1, 0.15) is 49.4 Å². The molecule has 3 aromatic heterocycles. The van der Waals surface area contributed by atoms with Crippen LogP contribution in [0.4, 0.5) is 17.5 Å². The summed E-state index contributed by atoms with van der Waals surface area (Å²) in [5, 5.41) is 6.32. The summed E-state index contributed by atoms with van der Waals surface area (Å²) in [6, 6.07) is 7.34. The van der Waals surface area contributed by atoms with Crippen LogP contribution < -0.4 is 15.5 Å². The van der Waals surface area contributed by atoms with E-state index >= 15 is 0 Å². The van der Waals surface area contributed by atoms with Crippen LogP contribution in [0.5, 0.6) is 0 Å². The number of hydrogen-bond donors (Lipinski definition) is 2. The van der Waals surface area contributed by atoms with E-state index in [1.54, 1.807) is 24.5 Å². The Hall–Kier alpha value is -3.59. The molecule has 1 fully saturated rings. The maximum Gasteiger partial charge on any atom is 0.255 e. The number of anilines is 3. The van der Waals surface area contributed by atoms with E-state index in [0.29, 0.717) is 37.0 Å². The van der Waals surface area contributed by atoms with E-state index in [1.165, 1.54) is 0 Å². The highest BCUT2D eigenvalue weighted by molar-refractivity contribution is 6.04. The van der Waals surface area contributed by atoms with Gasteiger partial charge in [-0.2, -0.15) is 4.98 Å². The van der Waals surface area contributed by atoms with Crippen molar-refractivity contribution in [1.29, 1.82) is 0 Å². The van der Waals surface area contributed by atoms with Gasteiger partial charge in [0.15, 0.2) is 0 Å². The van der Waals surface area contributed by atoms with Gasteiger partial charge in [-0.15, -0.1) is 0 Å². The van der Waals surface area contributed by atoms with Crippen LogP contribution in [0.25, 0.3) is 11.3 Å². The zero-order chi connectivity index (χ0) is 25.0. The molecule has 0 spiro atoms. The Morgan fingerprint density at radius 2 is 1.80 bits per heavy atom. The highest BCUT2D eigenvalue weighted by Crippen LogP contribution is 2.34. The van der Waals surface area contributed by atoms with E-state index in [4.69, 9.17) is 19.7 Å². The van der Waals surface area contributed by atoms with Gasteiger partial charge in [-0.25, -0.2) is 4.98 Å². The summed E-state index contributed by atoms with van der Waals surface area (Å²) >= 11 is 0. The van der Waals surface area contributed by atoms with Crippen LogP contribution in [0.15, 0.2) is 36.7 Å². The third-order valence-electron chi connectivity index (χ3n) is 5.77. The van der Waals surface area contributed by atoms with E-state index in [1.807, 2.05) is 26.0 Å². The molecule has 0 unspecified atom stereocenters. The normalized spacial score (nSPS) is 14.0. The van der Waals surface area contributed by atoms with Crippen molar-refractivity contribution in [2.75, 3.05) is 48.4 Å². The van der Waals surface area contributed by atoms with Crippen molar-refractivity contribution >= 4 is 23.4 Å². The van der Waals surface area contributed by atoms with Crippen molar-refractivity contribution in [2.45, 2.75) is 40.0 Å². The number of aromatic nitrogens is 4. The molecule has 4 heterocycles. The Labute approximate surface area is 206 Å². The predicted molar refractivity (Wildman–Crippen MR) is 138 cm³/mol. The van der Waals surface area contributed by atoms with Gasteiger partial charge in [0, 0.05) is 60.3 Å². The van der Waals surface area contributed by atoms with Crippen molar-refractivity contribution in [3.63, 3.8) is 0 Å². The molecule has 35 heavy (non-hydrogen) atoms. The fourth-order valence-corrected chi connectivity index (χ4v) is 3.99. The summed E-state index contributed by atoms with van der Waals surface area (Å²) in [5.41, 5.74) is 4.18. The molecule has 1 saturated heterocycles. The molecule has 1 aliphatic heterocycles. The fourth-order valence-electron chi connectivity index (χ4n) is 3.99. The molecule has 1 aliphatic rings. The lowest BCUT2D eigenvalue weighted by Gasteiger charge is -2.28. The molecular formula is C26H33N7O2. The highest BCUT2D eigenvalue weighted by Gasteiger charge is 2.24. The van der Waals surface area contributed by atoms with Crippen LogP contribution in [-0.4, -0.2) is 58.7 Å². The quantitative estimate of drug-likeness (QED) is 0.550. The lowest BCUT2D eigenvalue weighted by atomic mass is 9.89. The van der Waals surface area contributed by atoms with E-state index in [2.05, 4.69) is 41.3 Å². The standard InChI is InChI=1S/C26H33N7O2/c1-6-28-25-31-20(16-22(32-25)33-11-13-35-14-12-33)19-15-21(23(26(3,4)5)29-17(19)2)30-24(34)18-7-9-27-10-8-18/h7-10,15-16H,6,11-14H2,1-5H3,(H,30,34)(H,28,31,32). The number of ether oxygens (including phenoxy) is 1. The molecule has 0 aliphatic carbocycles. The van der Waals surface area contributed by atoms with E-state index < -0.39 is 0 Å². The van der Waals surface area contributed by atoms with Crippen LogP contribution in [-0.2, 0) is 10.2 Å². The Morgan fingerprint density at radius 3 is 2.46 bits per heavy atom. The topological polar surface area (TPSA) is 105 Å². The second kappa shape index (κ2) is 10.4. The second-order valence-electron chi connectivity index (χ2n) is 9.52. The van der Waals surface area contributed by atoms with Gasteiger partial charge in [0.2, 0.25) is 5.95 Å². The first-order valence-electron chi connectivity index (χ1n) is 12.0. The van der Waals surface area contributed by atoms with Gasteiger partial charge in [-0.1, -0.05) is 20.8 Å². The van der Waals surface area contributed by atoms with Crippen molar-refractivity contribution < 1.29 is 9.53 Å². The fraction of sp³-hybridized carbons (Fsp3) is 0.423. The first-order valence-corrected chi connectivity index (χ1v) is 12.0. The first-order chi connectivity index (χ1) is 16.8. The van der Waals surface area contributed by atoms with Crippen LogP contribution in [0.2, 0.25) is 0 Å². The third kappa shape index (κ3) is 5.74. The molecule has 4 rings (SSSR count). The van der Waals surface area contributed by atoms with Crippen molar-refractivity contribution in [2.24, 2.45) is 0 Å². The zero-order valence-electron chi connectivity index (χ0n) is 21.1. The van der Waals surface area contributed by atoms with Gasteiger partial charge in [0.05, 0.1) is 30.3 Å². The van der Waals surface area contributed by atoms with Crippen LogP contribution in [0.3, 0.4) is 0 Å². The van der Waals surface area contributed by atoms with Crippen molar-refractivity contribution in [3.8, 4) is 11.3 Å². The summed E-state index contributed by atoms with van der Waals surface area (Å²) < 4.78 is 5.51. The largest absolute Gasteiger partial charge is 0.378 e. The second-order valence-corrected chi connectivity index (χ2v) is 9.52. The van der Waals surface area contributed by atoms with E-state index in [-0.39, 0.29) is 11.3 Å². The van der Waals surface area contributed by atoms with Crippen LogP contribution >= 0.6 is 0 Å². The summed E-state index contributed by atoms with van der Waals surface area (Å²) in [5.74, 6) is 1.20. The number of nitrogens with one attached hydrogen (secondary N) is 2. The summed E-state index contributed by atoms with van der Waals surface area (Å²) in [4.78, 5) is 33.7. The third-order valence-corrected chi connectivity index (χ3v) is 5.77. The average molecular weight is 476 g/mol. The average Bonchev–Trinajstić information content (AvgIpc) is 2.85. The number of carbonyl (C=O) groups excluding carboxylic acids is 1. The maximum atomic E-state index is 13.0. The van der Waals surface area contributed by atoms with Gasteiger partial charge >= 0.3 is 0 Å². The Bertz CT molecular complexity index is 1190. The van der Waals surface area contributed by atoms with Gasteiger partial charge in [-0.3, -0.25) is 14.8 Å². The molecule has 0 bridgehead atoms. The maximum absolute atomic E-state index is 13.0. The number of rotatable bonds is 6. The Kier molecular flexibility index (Phi) is 7.25. The molecule has 2 N–H and O–H groups in total. The molecular weight excluding hydrogens is 442 g/mol. The van der Waals surface area contributed by atoms with E-state index in [9.17, 15) is 4.79 Å². The molecule has 0 saturated carbocycles. The van der Waals surface area contributed by atoms with Crippen molar-refractivity contribution in [1.82, 2.24) is 19.9 Å². The number of nitrogens with zero attached hydrogens (tertiary/aromatic N) is 5. The molecule has 9 heteroatoms. The van der Waals surface area contributed by atoms with E-state index in [0.717, 1.165) is 41.6 Å². The predicted octanol–water partition coefficient (Wildman–Crippen LogP) is 4.06. The zero-order valence-corrected chi connectivity index (χ0v) is 21.1. The lowest BCUT2D eigenvalue weighted by molar-refractivity contribution is 0.102. The number of aryl methyl sites for hydroxylation is 1. The minimum absolute atomic E-state index is 0.209. The molecule has 0 radical (unpaired) electrons. The number of carbonyl (C=O) groups is 1. The van der Waals surface area contributed by atoms with Gasteiger partial charge in [0.25, 0.3) is 5.91 Å². The summed E-state index contributed by atoms with van der Waals surface area (Å²) in [6.45, 7) is 13.8. The molecule has 184 valence electrons. The Balaban J connectivity index is 1.80. The van der Waals surface area contributed by atoms with Gasteiger partial charge in [-0.05, 0) is 32.0 Å². The minimum Gasteiger partial charge on any atom is -0.378 e. The number of pyridine rings is 2. The van der Waals surface area contributed by atoms with Crippen LogP contribution in [0, 0.1) is 6.92 Å². The molecule has 3 aromatic rings. The molecule has 9 nitrogen and oxygen atoms in total. The number of amides is 1. The highest BCUT2D eigenvalue weighted by atomic mass is 16.5. The smallest absolute Gasteiger partial charge is 0.255 e. The number of hydrogen-bond acceptors (Lipinski definition) is 8. The number of morpholine rings is 1. The SMILES string of the molecule is CCNc1nc(-c2cc(NC(=O)c3ccncc3)c(C(C)(C)C)nc2C)cc(N2CCOCC2)n1. The molecule has 0 atom stereocenters. The lowest BCUT2D eigenvalue weighted by Crippen LogP contribution is -2.37. The monoisotopic (exact) mass is 475 g/mol.